The van der Waals surface area contributed by atoms with Crippen LogP contribution in [0.25, 0.3) is 0 Å². The molecular weight excluding hydrogens is 394 g/mol. The van der Waals surface area contributed by atoms with Crippen LogP contribution in [0.4, 0.5) is 4.79 Å². The third-order valence-electron chi connectivity index (χ3n) is 4.64. The summed E-state index contributed by atoms with van der Waals surface area (Å²) in [6.07, 6.45) is 4.43. The van der Waals surface area contributed by atoms with Crippen LogP contribution in [0.15, 0.2) is 33.6 Å². The molecule has 0 radical (unpaired) electrons. The molecule has 3 rings (SSSR count). The summed E-state index contributed by atoms with van der Waals surface area (Å²) < 4.78 is 27.5. The average molecular weight is 416 g/mol. The number of carbonyl (C=O) groups is 1. The lowest BCUT2D eigenvalue weighted by Gasteiger charge is -2.34. The van der Waals surface area contributed by atoms with Gasteiger partial charge in [0.05, 0.1) is 4.90 Å². The summed E-state index contributed by atoms with van der Waals surface area (Å²) in [7, 11) is -3.51. The fourth-order valence-electron chi connectivity index (χ4n) is 3.24. The van der Waals surface area contributed by atoms with Crippen molar-refractivity contribution in [3.63, 3.8) is 0 Å². The maximum atomic E-state index is 12.7. The van der Waals surface area contributed by atoms with E-state index < -0.39 is 10.0 Å². The maximum absolute atomic E-state index is 12.7. The molecule has 1 aliphatic carbocycles. The number of piperazine rings is 1. The summed E-state index contributed by atoms with van der Waals surface area (Å²) in [5.74, 6) is 0. The van der Waals surface area contributed by atoms with Crippen LogP contribution in [0.3, 0.4) is 0 Å². The molecule has 6 nitrogen and oxygen atoms in total. The van der Waals surface area contributed by atoms with Crippen LogP contribution in [-0.2, 0) is 10.0 Å². The first-order valence-corrected chi connectivity index (χ1v) is 10.5. The zero-order chi connectivity index (χ0) is 17.2. The summed E-state index contributed by atoms with van der Waals surface area (Å²) in [5, 5.41) is 3.05. The minimum atomic E-state index is -3.51. The molecule has 24 heavy (non-hydrogen) atoms. The predicted molar refractivity (Wildman–Crippen MR) is 95.3 cm³/mol. The molecule has 0 atom stereocenters. The molecule has 1 saturated carbocycles. The van der Waals surface area contributed by atoms with E-state index in [-0.39, 0.29) is 17.0 Å². The van der Waals surface area contributed by atoms with Gasteiger partial charge in [-0.2, -0.15) is 4.31 Å². The lowest BCUT2D eigenvalue weighted by molar-refractivity contribution is 0.169. The highest BCUT2D eigenvalue weighted by Gasteiger charge is 2.31. The van der Waals surface area contributed by atoms with Gasteiger partial charge in [-0.25, -0.2) is 13.2 Å². The van der Waals surface area contributed by atoms with E-state index in [1.54, 1.807) is 29.2 Å². The monoisotopic (exact) mass is 415 g/mol. The van der Waals surface area contributed by atoms with Crippen LogP contribution >= 0.6 is 15.9 Å². The van der Waals surface area contributed by atoms with Crippen molar-refractivity contribution in [2.24, 2.45) is 0 Å². The molecule has 132 valence electrons. The van der Waals surface area contributed by atoms with Crippen LogP contribution in [0.2, 0.25) is 0 Å². The summed E-state index contributed by atoms with van der Waals surface area (Å²) in [4.78, 5) is 14.3. The number of rotatable bonds is 3. The predicted octanol–water partition coefficient (Wildman–Crippen LogP) is 2.41. The average Bonchev–Trinajstić information content (AvgIpc) is 3.08. The van der Waals surface area contributed by atoms with Crippen LogP contribution in [-0.4, -0.2) is 55.9 Å². The molecule has 8 heteroatoms. The van der Waals surface area contributed by atoms with Gasteiger partial charge < -0.3 is 10.2 Å². The Balaban J connectivity index is 1.59. The van der Waals surface area contributed by atoms with E-state index in [0.29, 0.717) is 26.2 Å². The molecule has 0 bridgehead atoms. The molecule has 1 saturated heterocycles. The highest BCUT2D eigenvalue weighted by atomic mass is 79.9. The third-order valence-corrected chi connectivity index (χ3v) is 7.03. The molecule has 1 aliphatic heterocycles. The van der Waals surface area contributed by atoms with Gasteiger partial charge in [0.2, 0.25) is 10.0 Å². The van der Waals surface area contributed by atoms with Gasteiger partial charge in [-0.3, -0.25) is 0 Å². The van der Waals surface area contributed by atoms with E-state index in [1.165, 1.54) is 17.1 Å². The molecule has 1 aromatic carbocycles. The van der Waals surface area contributed by atoms with Crippen molar-refractivity contribution < 1.29 is 13.2 Å². The second-order valence-electron chi connectivity index (χ2n) is 6.28. The number of urea groups is 1. The van der Waals surface area contributed by atoms with Crippen LogP contribution < -0.4 is 5.32 Å². The molecule has 0 spiro atoms. The van der Waals surface area contributed by atoms with Gasteiger partial charge >= 0.3 is 6.03 Å². The molecule has 2 fully saturated rings. The van der Waals surface area contributed by atoms with Crippen molar-refractivity contribution >= 4 is 32.0 Å². The molecule has 1 aromatic rings. The molecule has 0 aromatic heterocycles. The van der Waals surface area contributed by atoms with E-state index in [2.05, 4.69) is 21.2 Å². The van der Waals surface area contributed by atoms with Crippen LogP contribution in [0, 0.1) is 0 Å². The number of hydrogen-bond donors (Lipinski definition) is 1. The summed E-state index contributed by atoms with van der Waals surface area (Å²) in [5.41, 5.74) is 0. The zero-order valence-electron chi connectivity index (χ0n) is 13.4. The van der Waals surface area contributed by atoms with Crippen molar-refractivity contribution in [2.75, 3.05) is 26.2 Å². The van der Waals surface area contributed by atoms with E-state index in [4.69, 9.17) is 0 Å². The van der Waals surface area contributed by atoms with Gasteiger partial charge in [0.15, 0.2) is 0 Å². The maximum Gasteiger partial charge on any atom is 0.317 e. The van der Waals surface area contributed by atoms with Crippen molar-refractivity contribution in [3.05, 3.63) is 28.7 Å². The Kier molecular flexibility index (Phi) is 5.46. The van der Waals surface area contributed by atoms with Gasteiger partial charge in [0.1, 0.15) is 0 Å². The number of hydrogen-bond acceptors (Lipinski definition) is 3. The second-order valence-corrected chi connectivity index (χ2v) is 9.13. The molecule has 2 amide bonds. The Morgan fingerprint density at radius 1 is 1.12 bits per heavy atom. The standard InChI is InChI=1S/C16H22BrN3O3S/c17-13-4-3-7-15(12-13)24(22,23)20-10-8-19(9-11-20)16(21)18-14-5-1-2-6-14/h3-4,7,12,14H,1-2,5-6,8-11H2,(H,18,21). The fraction of sp³-hybridized carbons (Fsp3) is 0.562. The van der Waals surface area contributed by atoms with Gasteiger partial charge in [0.25, 0.3) is 0 Å². The van der Waals surface area contributed by atoms with Gasteiger partial charge in [-0.05, 0) is 31.0 Å². The van der Waals surface area contributed by atoms with Gasteiger partial charge in [-0.15, -0.1) is 0 Å². The minimum absolute atomic E-state index is 0.0681. The van der Waals surface area contributed by atoms with E-state index in [9.17, 15) is 13.2 Å². The minimum Gasteiger partial charge on any atom is -0.335 e. The Labute approximate surface area is 151 Å². The summed E-state index contributed by atoms with van der Waals surface area (Å²) in [6, 6.07) is 6.92. The Hall–Kier alpha value is -1.12. The topological polar surface area (TPSA) is 69.7 Å². The first kappa shape index (κ1) is 17.7. The van der Waals surface area contributed by atoms with Crippen molar-refractivity contribution in [3.8, 4) is 0 Å². The number of sulfonamides is 1. The first-order chi connectivity index (χ1) is 11.5. The number of halogens is 1. The van der Waals surface area contributed by atoms with E-state index in [1.807, 2.05) is 0 Å². The number of carbonyl (C=O) groups excluding carboxylic acids is 1. The van der Waals surface area contributed by atoms with Crippen molar-refractivity contribution in [1.82, 2.24) is 14.5 Å². The van der Waals surface area contributed by atoms with E-state index in [0.717, 1.165) is 17.3 Å². The summed E-state index contributed by atoms with van der Waals surface area (Å²) >= 11 is 3.30. The van der Waals surface area contributed by atoms with Crippen LogP contribution in [0.1, 0.15) is 25.7 Å². The highest BCUT2D eigenvalue weighted by Crippen LogP contribution is 2.22. The Bertz CT molecular complexity index is 696. The molecule has 1 heterocycles. The van der Waals surface area contributed by atoms with E-state index >= 15 is 0 Å². The van der Waals surface area contributed by atoms with Crippen LogP contribution in [0.5, 0.6) is 0 Å². The highest BCUT2D eigenvalue weighted by molar-refractivity contribution is 9.10. The number of nitrogens with zero attached hydrogens (tertiary/aromatic N) is 2. The lowest BCUT2D eigenvalue weighted by Crippen LogP contribution is -2.54. The smallest absolute Gasteiger partial charge is 0.317 e. The molecular formula is C16H22BrN3O3S. The molecule has 1 N–H and O–H groups in total. The van der Waals surface area contributed by atoms with Gasteiger partial charge in [0, 0.05) is 36.7 Å². The van der Waals surface area contributed by atoms with Crippen molar-refractivity contribution in [2.45, 2.75) is 36.6 Å². The number of amides is 2. The van der Waals surface area contributed by atoms with Gasteiger partial charge in [-0.1, -0.05) is 34.8 Å². The number of nitrogens with one attached hydrogen (secondary N) is 1. The zero-order valence-corrected chi connectivity index (χ0v) is 15.9. The Morgan fingerprint density at radius 3 is 2.42 bits per heavy atom. The second kappa shape index (κ2) is 7.41. The first-order valence-electron chi connectivity index (χ1n) is 8.28. The SMILES string of the molecule is O=C(NC1CCCC1)N1CCN(S(=O)(=O)c2cccc(Br)c2)CC1. The quantitative estimate of drug-likeness (QED) is 0.823. The lowest BCUT2D eigenvalue weighted by atomic mass is 10.2. The molecule has 2 aliphatic rings. The molecule has 0 unspecified atom stereocenters. The fourth-order valence-corrected chi connectivity index (χ4v) is 5.26. The number of benzene rings is 1. The van der Waals surface area contributed by atoms with Crippen molar-refractivity contribution in [1.29, 1.82) is 0 Å². The summed E-state index contributed by atoms with van der Waals surface area (Å²) in [6.45, 7) is 1.50. The third kappa shape index (κ3) is 3.92. The Morgan fingerprint density at radius 2 is 1.79 bits per heavy atom. The largest absolute Gasteiger partial charge is 0.335 e. The normalized spacial score (nSPS) is 20.3.